The summed E-state index contributed by atoms with van der Waals surface area (Å²) in [6.45, 7) is 6.24. The molecule has 0 aromatic heterocycles. The topological polar surface area (TPSA) is 21.3 Å². The van der Waals surface area contributed by atoms with E-state index in [0.29, 0.717) is 6.54 Å². The van der Waals surface area contributed by atoms with Crippen molar-refractivity contribution in [3.63, 3.8) is 0 Å². The van der Waals surface area contributed by atoms with Crippen molar-refractivity contribution in [2.45, 2.75) is 32.9 Å². The van der Waals surface area contributed by atoms with Crippen LogP contribution in [0.25, 0.3) is 0 Å². The maximum absolute atomic E-state index is 13.6. The first-order valence-corrected chi connectivity index (χ1v) is 6.81. The van der Waals surface area contributed by atoms with Crippen molar-refractivity contribution in [3.8, 4) is 5.75 Å². The fourth-order valence-electron chi connectivity index (χ4n) is 1.90. The van der Waals surface area contributed by atoms with Gasteiger partial charge in [-0.3, -0.25) is 0 Å². The Labute approximate surface area is 123 Å². The van der Waals surface area contributed by atoms with E-state index in [9.17, 15) is 8.78 Å². The van der Waals surface area contributed by atoms with Crippen molar-refractivity contribution in [1.82, 2.24) is 0 Å². The fraction of sp³-hybridized carbons (Fsp3) is 0.294. The van der Waals surface area contributed by atoms with Crippen LogP contribution >= 0.6 is 0 Å². The van der Waals surface area contributed by atoms with E-state index in [0.717, 1.165) is 29.5 Å². The molecular formula is C17H19F2NO. The monoisotopic (exact) mass is 291 g/mol. The molecule has 0 heterocycles. The molecular weight excluding hydrogens is 272 g/mol. The van der Waals surface area contributed by atoms with E-state index in [-0.39, 0.29) is 11.3 Å². The van der Waals surface area contributed by atoms with E-state index in [1.165, 1.54) is 0 Å². The van der Waals surface area contributed by atoms with Crippen LogP contribution in [0.2, 0.25) is 0 Å². The Kier molecular flexibility index (Phi) is 4.46. The molecule has 0 bridgehead atoms. The molecule has 0 aliphatic carbocycles. The summed E-state index contributed by atoms with van der Waals surface area (Å²) >= 11 is 0. The molecule has 0 aliphatic heterocycles. The van der Waals surface area contributed by atoms with Gasteiger partial charge in [0.2, 0.25) is 0 Å². The number of halogens is 2. The van der Waals surface area contributed by atoms with Gasteiger partial charge < -0.3 is 10.1 Å². The van der Waals surface area contributed by atoms with Gasteiger partial charge in [0.1, 0.15) is 23.0 Å². The van der Waals surface area contributed by atoms with E-state index in [2.05, 4.69) is 5.32 Å². The highest BCUT2D eigenvalue weighted by molar-refractivity contribution is 5.46. The molecule has 2 aromatic carbocycles. The van der Waals surface area contributed by atoms with Crippen LogP contribution in [-0.2, 0) is 6.54 Å². The van der Waals surface area contributed by atoms with Gasteiger partial charge in [-0.05, 0) is 45.0 Å². The predicted molar refractivity (Wildman–Crippen MR) is 80.5 cm³/mol. The van der Waals surface area contributed by atoms with E-state index < -0.39 is 11.6 Å². The van der Waals surface area contributed by atoms with Crippen molar-refractivity contribution < 1.29 is 13.5 Å². The molecule has 2 nitrogen and oxygen atoms in total. The smallest absolute Gasteiger partial charge is 0.146 e. The van der Waals surface area contributed by atoms with Gasteiger partial charge >= 0.3 is 0 Å². The van der Waals surface area contributed by atoms with Crippen LogP contribution in [0.15, 0.2) is 42.5 Å². The summed E-state index contributed by atoms with van der Waals surface area (Å²) in [7, 11) is 0. The van der Waals surface area contributed by atoms with E-state index in [1.54, 1.807) is 0 Å². The van der Waals surface area contributed by atoms with Crippen LogP contribution in [0, 0.1) is 11.6 Å². The maximum atomic E-state index is 13.6. The molecule has 0 unspecified atom stereocenters. The van der Waals surface area contributed by atoms with Crippen molar-refractivity contribution >= 4 is 5.69 Å². The lowest BCUT2D eigenvalue weighted by Crippen LogP contribution is -2.23. The first-order chi connectivity index (χ1) is 9.85. The van der Waals surface area contributed by atoms with Crippen LogP contribution in [0.5, 0.6) is 5.75 Å². The van der Waals surface area contributed by atoms with Crippen molar-refractivity contribution in [1.29, 1.82) is 0 Å². The molecule has 0 amide bonds. The molecule has 4 heteroatoms. The maximum Gasteiger partial charge on any atom is 0.146 e. The molecule has 0 saturated heterocycles. The predicted octanol–water partition coefficient (Wildman–Crippen LogP) is 4.75. The molecule has 0 fully saturated rings. The third-order valence-electron chi connectivity index (χ3n) is 2.79. The quantitative estimate of drug-likeness (QED) is 0.877. The number of rotatable bonds is 4. The summed E-state index contributed by atoms with van der Waals surface area (Å²) in [6, 6.07) is 10.9. The lowest BCUT2D eigenvalue weighted by atomic mass is 10.1. The fourth-order valence-corrected chi connectivity index (χ4v) is 1.90. The van der Waals surface area contributed by atoms with Gasteiger partial charge in [0.05, 0.1) is 5.69 Å². The molecule has 0 radical (unpaired) electrons. The zero-order chi connectivity index (χ0) is 15.5. The Morgan fingerprint density at radius 1 is 1.05 bits per heavy atom. The summed E-state index contributed by atoms with van der Waals surface area (Å²) < 4.78 is 32.6. The Bertz CT molecular complexity index is 620. The van der Waals surface area contributed by atoms with Gasteiger partial charge in [-0.25, -0.2) is 8.78 Å². The minimum absolute atomic E-state index is 0.139. The number of nitrogens with one attached hydrogen (secondary N) is 1. The van der Waals surface area contributed by atoms with E-state index in [1.807, 2.05) is 45.0 Å². The van der Waals surface area contributed by atoms with Gasteiger partial charge in [0.25, 0.3) is 0 Å². The highest BCUT2D eigenvalue weighted by Crippen LogP contribution is 2.24. The molecule has 2 aromatic rings. The minimum Gasteiger partial charge on any atom is -0.488 e. The largest absolute Gasteiger partial charge is 0.488 e. The first-order valence-electron chi connectivity index (χ1n) is 6.81. The van der Waals surface area contributed by atoms with Crippen LogP contribution in [-0.4, -0.2) is 5.60 Å². The zero-order valence-electron chi connectivity index (χ0n) is 12.4. The second-order valence-electron chi connectivity index (χ2n) is 5.80. The SMILES string of the molecule is CC(C)(C)Oc1ccccc1CNc1cc(F)ccc1F. The number of hydrogen-bond acceptors (Lipinski definition) is 2. The standard InChI is InChI=1S/C17H19F2NO/c1-17(2,3)21-16-7-5-4-6-12(16)11-20-15-10-13(18)8-9-14(15)19/h4-10,20H,11H2,1-3H3. The molecule has 112 valence electrons. The molecule has 2 rings (SSSR count). The summed E-state index contributed by atoms with van der Waals surface area (Å²) in [5, 5.41) is 2.90. The van der Waals surface area contributed by atoms with Crippen LogP contribution in [0.3, 0.4) is 0 Å². The summed E-state index contributed by atoms with van der Waals surface area (Å²) in [4.78, 5) is 0. The van der Waals surface area contributed by atoms with E-state index in [4.69, 9.17) is 4.74 Å². The van der Waals surface area contributed by atoms with Gasteiger partial charge in [-0.15, -0.1) is 0 Å². The third-order valence-corrected chi connectivity index (χ3v) is 2.79. The molecule has 1 N–H and O–H groups in total. The molecule has 0 saturated carbocycles. The number of para-hydroxylation sites is 1. The normalized spacial score (nSPS) is 11.3. The first kappa shape index (κ1) is 15.3. The van der Waals surface area contributed by atoms with Crippen molar-refractivity contribution in [2.75, 3.05) is 5.32 Å². The summed E-state index contributed by atoms with van der Waals surface area (Å²) in [6.07, 6.45) is 0. The second kappa shape index (κ2) is 6.12. The summed E-state index contributed by atoms with van der Waals surface area (Å²) in [5.74, 6) is -0.224. The zero-order valence-corrected chi connectivity index (χ0v) is 12.4. The van der Waals surface area contributed by atoms with Gasteiger partial charge in [-0.1, -0.05) is 18.2 Å². The highest BCUT2D eigenvalue weighted by atomic mass is 19.1. The lowest BCUT2D eigenvalue weighted by molar-refractivity contribution is 0.129. The van der Waals surface area contributed by atoms with Crippen LogP contribution in [0.1, 0.15) is 26.3 Å². The number of anilines is 1. The van der Waals surface area contributed by atoms with Crippen molar-refractivity contribution in [2.24, 2.45) is 0 Å². The average Bonchev–Trinajstić information content (AvgIpc) is 2.39. The Morgan fingerprint density at radius 2 is 1.76 bits per heavy atom. The highest BCUT2D eigenvalue weighted by Gasteiger charge is 2.14. The van der Waals surface area contributed by atoms with Gasteiger partial charge in [0.15, 0.2) is 0 Å². The van der Waals surface area contributed by atoms with Gasteiger partial charge in [0, 0.05) is 12.1 Å². The minimum atomic E-state index is -0.481. The Balaban J connectivity index is 2.15. The lowest BCUT2D eigenvalue weighted by Gasteiger charge is -2.23. The number of ether oxygens (including phenoxy) is 1. The Morgan fingerprint density at radius 3 is 2.48 bits per heavy atom. The second-order valence-corrected chi connectivity index (χ2v) is 5.80. The number of benzene rings is 2. The molecule has 21 heavy (non-hydrogen) atoms. The Hall–Kier alpha value is -2.10. The third kappa shape index (κ3) is 4.45. The molecule has 0 aliphatic rings. The van der Waals surface area contributed by atoms with Crippen LogP contribution < -0.4 is 10.1 Å². The van der Waals surface area contributed by atoms with Crippen molar-refractivity contribution in [3.05, 3.63) is 59.7 Å². The van der Waals surface area contributed by atoms with Crippen LogP contribution in [0.4, 0.5) is 14.5 Å². The molecule has 0 atom stereocenters. The van der Waals surface area contributed by atoms with Gasteiger partial charge in [-0.2, -0.15) is 0 Å². The number of hydrogen-bond donors (Lipinski definition) is 1. The van der Waals surface area contributed by atoms with E-state index >= 15 is 0 Å². The molecule has 0 spiro atoms. The summed E-state index contributed by atoms with van der Waals surface area (Å²) in [5.41, 5.74) is 0.705. The average molecular weight is 291 g/mol.